The van der Waals surface area contributed by atoms with E-state index >= 15 is 8.78 Å². The number of aryl methyl sites for hydroxylation is 3. The number of alkyl halides is 3. The lowest BCUT2D eigenvalue weighted by atomic mass is 9.91. The van der Waals surface area contributed by atoms with Crippen LogP contribution >= 0.6 is 22.6 Å². The summed E-state index contributed by atoms with van der Waals surface area (Å²) in [6, 6.07) is 12.8. The van der Waals surface area contributed by atoms with Crippen molar-refractivity contribution in [3.63, 3.8) is 0 Å². The summed E-state index contributed by atoms with van der Waals surface area (Å²) < 4.78 is 77.5. The maximum atomic E-state index is 15.6. The van der Waals surface area contributed by atoms with E-state index in [9.17, 15) is 27.9 Å². The molecule has 0 spiro atoms. The van der Waals surface area contributed by atoms with Gasteiger partial charge in [0.2, 0.25) is 0 Å². The Hall–Kier alpha value is -4.00. The van der Waals surface area contributed by atoms with Gasteiger partial charge in [0.1, 0.15) is 17.7 Å². The summed E-state index contributed by atoms with van der Waals surface area (Å²) >= 11 is 2.04. The number of cyclic esters (lactones) is 1. The number of hydrogen-bond acceptors (Lipinski definition) is 3. The second-order valence-corrected chi connectivity index (χ2v) is 12.4. The largest absolute Gasteiger partial charge is 0.478 e. The lowest BCUT2D eigenvalue weighted by molar-refractivity contribution is -0.137. The predicted molar refractivity (Wildman–Crippen MR) is 167 cm³/mol. The summed E-state index contributed by atoms with van der Waals surface area (Å²) in [5.41, 5.74) is 2.52. The van der Waals surface area contributed by atoms with Crippen molar-refractivity contribution >= 4 is 34.7 Å². The first-order valence-electron chi connectivity index (χ1n) is 13.8. The van der Waals surface area contributed by atoms with Gasteiger partial charge in [0.25, 0.3) is 0 Å². The molecule has 4 aromatic carbocycles. The average molecular weight is 735 g/mol. The quantitative estimate of drug-likeness (QED) is 0.158. The lowest BCUT2D eigenvalue weighted by Gasteiger charge is -2.24. The highest BCUT2D eigenvalue weighted by Crippen LogP contribution is 2.41. The molecule has 0 unspecified atom stereocenters. The molecule has 1 fully saturated rings. The van der Waals surface area contributed by atoms with Gasteiger partial charge in [-0.2, -0.15) is 13.2 Å². The maximum absolute atomic E-state index is 15.6. The van der Waals surface area contributed by atoms with Gasteiger partial charge in [-0.15, -0.1) is 0 Å². The van der Waals surface area contributed by atoms with E-state index in [-0.39, 0.29) is 28.8 Å². The standard InChI is InChI=1S/C34H27F5INO4/c1-16-7-21(12-23(9-16)34(37,38)39)31-19(4)41(33(44)45-31)15-22-8-17(2)10-29(40)30(22)26-13-25(27(35)14-28(26)36)24-6-5-20(32(42)43)11-18(24)3/h5-14,19,31H,15H2,1-4H3,(H,42,43)/t19-,31-/m0/s1. The van der Waals surface area contributed by atoms with Crippen LogP contribution in [0, 0.1) is 36.0 Å². The molecule has 1 amide bonds. The molecule has 1 heterocycles. The number of nitrogens with zero attached hydrogens (tertiary/aromatic N) is 1. The first-order valence-corrected chi connectivity index (χ1v) is 14.9. The average Bonchev–Trinajstić information content (AvgIpc) is 3.21. The molecule has 234 valence electrons. The van der Waals surface area contributed by atoms with Gasteiger partial charge < -0.3 is 9.84 Å². The van der Waals surface area contributed by atoms with E-state index in [1.54, 1.807) is 26.0 Å². The molecule has 0 saturated carbocycles. The Kier molecular flexibility index (Phi) is 8.69. The SMILES string of the molecule is Cc1cc([C@H]2OC(=O)N(Cc3cc(C)cc(I)c3-c3cc(-c4ccc(C(=O)O)cc4C)c(F)cc3F)[C@H]2C)cc(C(F)(F)F)c1. The number of carboxylic acids is 1. The molecule has 1 saturated heterocycles. The number of hydrogen-bond donors (Lipinski definition) is 1. The summed E-state index contributed by atoms with van der Waals surface area (Å²) in [6.45, 7) is 6.61. The van der Waals surface area contributed by atoms with Gasteiger partial charge in [0.15, 0.2) is 0 Å². The number of ether oxygens (including phenoxy) is 1. The number of carbonyl (C=O) groups is 2. The summed E-state index contributed by atoms with van der Waals surface area (Å²) in [5, 5.41) is 9.32. The molecule has 11 heteroatoms. The number of halogens is 6. The van der Waals surface area contributed by atoms with Crippen molar-refractivity contribution in [2.75, 3.05) is 0 Å². The van der Waals surface area contributed by atoms with E-state index in [1.807, 2.05) is 35.6 Å². The molecular weight excluding hydrogens is 708 g/mol. The first kappa shape index (κ1) is 32.4. The second kappa shape index (κ2) is 12.1. The van der Waals surface area contributed by atoms with E-state index in [2.05, 4.69) is 0 Å². The minimum Gasteiger partial charge on any atom is -0.478 e. The molecule has 0 aromatic heterocycles. The summed E-state index contributed by atoms with van der Waals surface area (Å²) in [6.07, 6.45) is -6.29. The van der Waals surface area contributed by atoms with Gasteiger partial charge in [-0.05, 0) is 115 Å². The van der Waals surface area contributed by atoms with Crippen LogP contribution < -0.4 is 0 Å². The number of amides is 1. The molecule has 5 rings (SSSR count). The fourth-order valence-corrected chi connectivity index (χ4v) is 6.90. The Labute approximate surface area is 269 Å². The normalized spacial score (nSPS) is 16.7. The number of aromatic carboxylic acids is 1. The molecule has 4 aromatic rings. The summed E-state index contributed by atoms with van der Waals surface area (Å²) in [4.78, 5) is 25.9. The third kappa shape index (κ3) is 6.40. The highest BCUT2D eigenvalue weighted by Gasteiger charge is 2.41. The smallest absolute Gasteiger partial charge is 0.416 e. The van der Waals surface area contributed by atoms with Crippen LogP contribution in [-0.2, 0) is 17.5 Å². The highest BCUT2D eigenvalue weighted by molar-refractivity contribution is 14.1. The summed E-state index contributed by atoms with van der Waals surface area (Å²) in [5.74, 6) is -2.81. The Morgan fingerprint density at radius 1 is 0.911 bits per heavy atom. The zero-order valence-electron chi connectivity index (χ0n) is 24.5. The van der Waals surface area contributed by atoms with E-state index in [0.717, 1.165) is 23.8 Å². The molecule has 45 heavy (non-hydrogen) atoms. The number of rotatable bonds is 6. The Bertz CT molecular complexity index is 1860. The molecule has 1 N–H and O–H groups in total. The van der Waals surface area contributed by atoms with Crippen LogP contribution in [0.25, 0.3) is 22.3 Å². The van der Waals surface area contributed by atoms with Gasteiger partial charge in [-0.3, -0.25) is 4.90 Å². The van der Waals surface area contributed by atoms with Crippen LogP contribution in [0.1, 0.15) is 56.8 Å². The molecule has 0 aliphatic carbocycles. The first-order chi connectivity index (χ1) is 21.0. The van der Waals surface area contributed by atoms with E-state index < -0.39 is 47.6 Å². The van der Waals surface area contributed by atoms with Crippen molar-refractivity contribution in [2.45, 2.75) is 52.6 Å². The van der Waals surface area contributed by atoms with Gasteiger partial charge in [0.05, 0.1) is 23.7 Å². The molecule has 2 atom stereocenters. The van der Waals surface area contributed by atoms with Crippen molar-refractivity contribution < 1.29 is 41.4 Å². The molecular formula is C34H27F5INO4. The predicted octanol–water partition coefficient (Wildman–Crippen LogP) is 9.63. The van der Waals surface area contributed by atoms with E-state index in [1.165, 1.54) is 36.1 Å². The molecule has 1 aliphatic heterocycles. The van der Waals surface area contributed by atoms with Gasteiger partial charge in [-0.25, -0.2) is 18.4 Å². The van der Waals surface area contributed by atoms with Crippen molar-refractivity contribution in [3.8, 4) is 22.3 Å². The number of benzene rings is 4. The zero-order chi connectivity index (χ0) is 33.0. The lowest BCUT2D eigenvalue weighted by Crippen LogP contribution is -2.31. The van der Waals surface area contributed by atoms with E-state index in [0.29, 0.717) is 31.4 Å². The second-order valence-electron chi connectivity index (χ2n) is 11.2. The zero-order valence-corrected chi connectivity index (χ0v) is 26.7. The topological polar surface area (TPSA) is 66.8 Å². The fourth-order valence-electron chi connectivity index (χ4n) is 5.77. The Morgan fingerprint density at radius 2 is 1.58 bits per heavy atom. The Balaban J connectivity index is 1.56. The molecule has 0 bridgehead atoms. The number of carbonyl (C=O) groups excluding carboxylic acids is 1. The van der Waals surface area contributed by atoms with Crippen LogP contribution in [-0.4, -0.2) is 28.1 Å². The van der Waals surface area contributed by atoms with Crippen molar-refractivity contribution in [2.24, 2.45) is 0 Å². The van der Waals surface area contributed by atoms with Gasteiger partial charge >= 0.3 is 18.2 Å². The number of carboxylic acid groups (broad SMARTS) is 1. The third-order valence-corrected chi connectivity index (χ3v) is 8.74. The van der Waals surface area contributed by atoms with Crippen LogP contribution in [0.3, 0.4) is 0 Å². The van der Waals surface area contributed by atoms with E-state index in [4.69, 9.17) is 4.74 Å². The fraction of sp³-hybridized carbons (Fsp3) is 0.235. The van der Waals surface area contributed by atoms with Crippen LogP contribution in [0.4, 0.5) is 26.7 Å². The summed E-state index contributed by atoms with van der Waals surface area (Å²) in [7, 11) is 0. The minimum absolute atomic E-state index is 0.0274. The molecule has 0 radical (unpaired) electrons. The van der Waals surface area contributed by atoms with Crippen LogP contribution in [0.2, 0.25) is 0 Å². The van der Waals surface area contributed by atoms with Gasteiger partial charge in [-0.1, -0.05) is 23.8 Å². The minimum atomic E-state index is -4.58. The molecule has 5 nitrogen and oxygen atoms in total. The maximum Gasteiger partial charge on any atom is 0.416 e. The molecule has 1 aliphatic rings. The van der Waals surface area contributed by atoms with Crippen molar-refractivity contribution in [3.05, 3.63) is 115 Å². The third-order valence-electron chi connectivity index (χ3n) is 7.89. The van der Waals surface area contributed by atoms with Crippen molar-refractivity contribution in [1.82, 2.24) is 4.90 Å². The highest BCUT2D eigenvalue weighted by atomic mass is 127. The Morgan fingerprint density at radius 3 is 2.22 bits per heavy atom. The van der Waals surface area contributed by atoms with Crippen LogP contribution in [0.5, 0.6) is 0 Å². The van der Waals surface area contributed by atoms with Crippen molar-refractivity contribution in [1.29, 1.82) is 0 Å². The van der Waals surface area contributed by atoms with Gasteiger partial charge in [0, 0.05) is 26.3 Å². The monoisotopic (exact) mass is 735 g/mol. The van der Waals surface area contributed by atoms with Crippen LogP contribution in [0.15, 0.2) is 60.7 Å².